The number of carbonyl (C=O) groups is 2. The first-order valence-corrected chi connectivity index (χ1v) is 12.5. The molecule has 0 spiro atoms. The van der Waals surface area contributed by atoms with Crippen LogP contribution in [0.3, 0.4) is 0 Å². The zero-order chi connectivity index (χ0) is 24.5. The maximum Gasteiger partial charge on any atom is 0.242 e. The van der Waals surface area contributed by atoms with Gasteiger partial charge in [-0.15, -0.1) is 11.3 Å². The maximum atomic E-state index is 13.1. The van der Waals surface area contributed by atoms with Crippen molar-refractivity contribution in [3.63, 3.8) is 0 Å². The van der Waals surface area contributed by atoms with Crippen molar-refractivity contribution in [2.24, 2.45) is 5.73 Å². The molecule has 4 aromatic rings. The summed E-state index contributed by atoms with van der Waals surface area (Å²) in [6.07, 6.45) is 5.27. The zero-order valence-electron chi connectivity index (χ0n) is 19.6. The van der Waals surface area contributed by atoms with E-state index in [-0.39, 0.29) is 23.8 Å². The molecule has 5 heterocycles. The van der Waals surface area contributed by atoms with Gasteiger partial charge in [-0.1, -0.05) is 6.07 Å². The van der Waals surface area contributed by atoms with Gasteiger partial charge in [0.25, 0.3) is 0 Å². The number of pyridine rings is 1. The Morgan fingerprint density at radius 2 is 2.11 bits per heavy atom. The lowest BCUT2D eigenvalue weighted by Crippen LogP contribution is -2.56. The van der Waals surface area contributed by atoms with Gasteiger partial charge in [-0.3, -0.25) is 9.59 Å². The molecule has 4 aromatic heterocycles. The maximum absolute atomic E-state index is 13.1. The van der Waals surface area contributed by atoms with Crippen molar-refractivity contribution >= 4 is 34.5 Å². The van der Waals surface area contributed by atoms with Crippen LogP contribution in [0.25, 0.3) is 27.5 Å². The number of rotatable bonds is 8. The van der Waals surface area contributed by atoms with E-state index in [2.05, 4.69) is 10.4 Å². The Balaban J connectivity index is 1.59. The molecular formula is C25H27N7O2S. The molecule has 5 rings (SSSR count). The molecule has 0 radical (unpaired) electrons. The molecule has 0 bridgehead atoms. The average molecular weight is 490 g/mol. The van der Waals surface area contributed by atoms with E-state index in [1.54, 1.807) is 41.2 Å². The average Bonchev–Trinajstić information content (AvgIpc) is 3.51. The fourth-order valence-corrected chi connectivity index (χ4v) is 4.87. The van der Waals surface area contributed by atoms with Gasteiger partial charge in [0, 0.05) is 37.8 Å². The lowest BCUT2D eigenvalue weighted by Gasteiger charge is -2.40. The monoisotopic (exact) mass is 489 g/mol. The van der Waals surface area contributed by atoms with Crippen LogP contribution in [0.15, 0.2) is 48.1 Å². The SMILES string of the molecule is CNC(=O)[C@@H]1CCN1c1cc(C(=O)CC[C@H](C)N)cc(-c2cnn3ccc(-c4cccs4)nc23)n1. The van der Waals surface area contributed by atoms with E-state index in [0.717, 1.165) is 22.6 Å². The number of amides is 1. The molecule has 1 saturated heterocycles. The van der Waals surface area contributed by atoms with E-state index < -0.39 is 0 Å². The molecular weight excluding hydrogens is 462 g/mol. The van der Waals surface area contributed by atoms with E-state index in [4.69, 9.17) is 15.7 Å². The van der Waals surface area contributed by atoms with Gasteiger partial charge in [0.1, 0.15) is 11.9 Å². The van der Waals surface area contributed by atoms with Crippen LogP contribution >= 0.6 is 11.3 Å². The highest BCUT2D eigenvalue weighted by molar-refractivity contribution is 7.13. The number of anilines is 1. The molecule has 1 aliphatic heterocycles. The molecule has 1 aliphatic rings. The Morgan fingerprint density at radius 1 is 1.26 bits per heavy atom. The van der Waals surface area contributed by atoms with Gasteiger partial charge in [-0.2, -0.15) is 5.10 Å². The second-order valence-electron chi connectivity index (χ2n) is 8.77. The van der Waals surface area contributed by atoms with Gasteiger partial charge < -0.3 is 16.0 Å². The van der Waals surface area contributed by atoms with Gasteiger partial charge in [-0.05, 0) is 49.4 Å². The van der Waals surface area contributed by atoms with E-state index >= 15 is 0 Å². The second kappa shape index (κ2) is 9.55. The van der Waals surface area contributed by atoms with Crippen molar-refractivity contribution in [1.82, 2.24) is 24.9 Å². The Kier molecular flexibility index (Phi) is 6.31. The number of nitrogens with one attached hydrogen (secondary N) is 1. The van der Waals surface area contributed by atoms with Crippen LogP contribution in [-0.2, 0) is 4.79 Å². The fourth-order valence-electron chi connectivity index (χ4n) is 4.18. The second-order valence-corrected chi connectivity index (χ2v) is 9.71. The van der Waals surface area contributed by atoms with E-state index in [1.165, 1.54) is 0 Å². The number of hydrogen-bond acceptors (Lipinski definition) is 8. The number of thiophene rings is 1. The van der Waals surface area contributed by atoms with Crippen molar-refractivity contribution in [2.75, 3.05) is 18.5 Å². The van der Waals surface area contributed by atoms with Crippen LogP contribution in [0.1, 0.15) is 36.5 Å². The fraction of sp³-hybridized carbons (Fsp3) is 0.320. The summed E-state index contributed by atoms with van der Waals surface area (Å²) in [6, 6.07) is 9.14. The third kappa shape index (κ3) is 4.54. The van der Waals surface area contributed by atoms with Gasteiger partial charge >= 0.3 is 0 Å². The topological polar surface area (TPSA) is 119 Å². The van der Waals surface area contributed by atoms with E-state index in [9.17, 15) is 9.59 Å². The number of nitrogens with two attached hydrogens (primary N) is 1. The highest BCUT2D eigenvalue weighted by Gasteiger charge is 2.35. The number of Topliss-reactive ketones (excluding diaryl/α,β-unsaturated/α-hetero) is 1. The minimum absolute atomic E-state index is 0.00655. The summed E-state index contributed by atoms with van der Waals surface area (Å²) in [5.41, 5.74) is 9.25. The predicted octanol–water partition coefficient (Wildman–Crippen LogP) is 3.15. The molecule has 0 aromatic carbocycles. The summed E-state index contributed by atoms with van der Waals surface area (Å²) in [5, 5.41) is 9.18. The van der Waals surface area contributed by atoms with Crippen molar-refractivity contribution in [1.29, 1.82) is 0 Å². The quantitative estimate of drug-likeness (QED) is 0.365. The van der Waals surface area contributed by atoms with Crippen LogP contribution in [0.4, 0.5) is 5.82 Å². The lowest BCUT2D eigenvalue weighted by molar-refractivity contribution is -0.123. The minimum Gasteiger partial charge on any atom is -0.357 e. The van der Waals surface area contributed by atoms with Crippen LogP contribution < -0.4 is 16.0 Å². The van der Waals surface area contributed by atoms with Crippen molar-refractivity contribution < 1.29 is 9.59 Å². The summed E-state index contributed by atoms with van der Waals surface area (Å²) in [6.45, 7) is 2.58. The zero-order valence-corrected chi connectivity index (χ0v) is 20.5. The number of likely N-dealkylation sites (N-methyl/N-ethyl adjacent to an activating group) is 1. The Labute approximate surface area is 207 Å². The standard InChI is InChI=1S/C25H27N7O2S/c1-15(26)5-6-21(33)16-12-19(29-23(13-16)31-9-8-20(31)25(34)27-2)17-14-28-32-10-7-18(30-24(17)32)22-4-3-11-35-22/h3-4,7,10-15,20H,5-6,8-9,26H2,1-2H3,(H,27,34)/t15-,20-/m0/s1. The Bertz CT molecular complexity index is 1380. The molecule has 3 N–H and O–H groups in total. The molecule has 0 unspecified atom stereocenters. The van der Waals surface area contributed by atoms with E-state index in [1.807, 2.05) is 41.6 Å². The molecule has 9 nitrogen and oxygen atoms in total. The summed E-state index contributed by atoms with van der Waals surface area (Å²) in [5.74, 6) is 0.528. The first kappa shape index (κ1) is 23.1. The molecule has 180 valence electrons. The third-order valence-electron chi connectivity index (χ3n) is 6.24. The van der Waals surface area contributed by atoms with Crippen LogP contribution in [-0.4, -0.2) is 56.9 Å². The number of fused-ring (bicyclic) bond motifs is 1. The lowest BCUT2D eigenvalue weighted by atomic mass is 9.99. The van der Waals surface area contributed by atoms with Crippen LogP contribution in [0.5, 0.6) is 0 Å². The van der Waals surface area contributed by atoms with Crippen LogP contribution in [0.2, 0.25) is 0 Å². The molecule has 10 heteroatoms. The normalized spacial score (nSPS) is 16.2. The van der Waals surface area contributed by atoms with Crippen LogP contribution in [0, 0.1) is 0 Å². The Morgan fingerprint density at radius 3 is 2.80 bits per heavy atom. The number of carbonyl (C=O) groups excluding carboxylic acids is 2. The van der Waals surface area contributed by atoms with Gasteiger partial charge in [0.05, 0.1) is 28.0 Å². The first-order chi connectivity index (χ1) is 16.9. The number of hydrogen-bond donors (Lipinski definition) is 2. The molecule has 0 saturated carbocycles. The van der Waals surface area contributed by atoms with Crippen molar-refractivity contribution in [2.45, 2.75) is 38.3 Å². The van der Waals surface area contributed by atoms with Crippen molar-refractivity contribution in [3.05, 3.63) is 53.7 Å². The van der Waals surface area contributed by atoms with Crippen molar-refractivity contribution in [3.8, 4) is 21.8 Å². The summed E-state index contributed by atoms with van der Waals surface area (Å²) in [7, 11) is 1.63. The van der Waals surface area contributed by atoms with Gasteiger partial charge in [0.2, 0.25) is 5.91 Å². The summed E-state index contributed by atoms with van der Waals surface area (Å²) >= 11 is 1.62. The summed E-state index contributed by atoms with van der Waals surface area (Å²) in [4.78, 5) is 38.1. The summed E-state index contributed by atoms with van der Waals surface area (Å²) < 4.78 is 1.70. The number of aromatic nitrogens is 4. The number of ketones is 1. The van der Waals surface area contributed by atoms with E-state index in [0.29, 0.717) is 42.1 Å². The first-order valence-electron chi connectivity index (χ1n) is 11.6. The predicted molar refractivity (Wildman–Crippen MR) is 137 cm³/mol. The number of nitrogens with zero attached hydrogens (tertiary/aromatic N) is 5. The smallest absolute Gasteiger partial charge is 0.242 e. The molecule has 1 fully saturated rings. The Hall–Kier alpha value is -3.63. The molecule has 0 aliphatic carbocycles. The molecule has 1 amide bonds. The minimum atomic E-state index is -0.303. The highest BCUT2D eigenvalue weighted by atomic mass is 32.1. The van der Waals surface area contributed by atoms with Gasteiger partial charge in [0.15, 0.2) is 11.4 Å². The highest BCUT2D eigenvalue weighted by Crippen LogP contribution is 2.32. The largest absolute Gasteiger partial charge is 0.357 e. The van der Waals surface area contributed by atoms with Gasteiger partial charge in [-0.25, -0.2) is 14.5 Å². The molecule has 35 heavy (non-hydrogen) atoms. The molecule has 2 atom stereocenters. The third-order valence-corrected chi connectivity index (χ3v) is 7.13.